The van der Waals surface area contributed by atoms with Gasteiger partial charge in [-0.3, -0.25) is 0 Å². The summed E-state index contributed by atoms with van der Waals surface area (Å²) in [6.07, 6.45) is 1.58. The zero-order valence-corrected chi connectivity index (χ0v) is 12.3. The third kappa shape index (κ3) is 4.34. The van der Waals surface area contributed by atoms with Gasteiger partial charge >= 0.3 is 12.0 Å². The zero-order valence-electron chi connectivity index (χ0n) is 11.6. The van der Waals surface area contributed by atoms with Crippen molar-refractivity contribution in [2.45, 2.75) is 31.9 Å². The lowest BCUT2D eigenvalue weighted by molar-refractivity contribution is 0.0157. The highest BCUT2D eigenvalue weighted by Crippen LogP contribution is 2.21. The number of anilines is 1. The first-order valence-corrected chi connectivity index (χ1v) is 7.05. The molecular weight excluding hydrogens is 296 g/mol. The molecule has 0 aliphatic carbocycles. The van der Waals surface area contributed by atoms with Crippen molar-refractivity contribution in [3.63, 3.8) is 0 Å². The molecule has 2 unspecified atom stereocenters. The van der Waals surface area contributed by atoms with E-state index in [0.717, 1.165) is 12.8 Å². The van der Waals surface area contributed by atoms with E-state index < -0.39 is 12.0 Å². The van der Waals surface area contributed by atoms with Crippen LogP contribution in [0.2, 0.25) is 5.02 Å². The number of amides is 2. The van der Waals surface area contributed by atoms with Gasteiger partial charge in [0.2, 0.25) is 0 Å². The van der Waals surface area contributed by atoms with Gasteiger partial charge < -0.3 is 20.5 Å². The maximum atomic E-state index is 12.0. The quantitative estimate of drug-likeness (QED) is 0.800. The summed E-state index contributed by atoms with van der Waals surface area (Å²) in [6, 6.07) is 3.89. The van der Waals surface area contributed by atoms with Crippen molar-refractivity contribution < 1.29 is 19.4 Å². The Balaban J connectivity index is 2.01. The predicted octanol–water partition coefficient (Wildman–Crippen LogP) is 2.73. The first kappa shape index (κ1) is 15.6. The topological polar surface area (TPSA) is 87.7 Å². The summed E-state index contributed by atoms with van der Waals surface area (Å²) < 4.78 is 5.41. The number of carboxylic acids is 1. The minimum Gasteiger partial charge on any atom is -0.478 e. The van der Waals surface area contributed by atoms with Gasteiger partial charge in [-0.05, 0) is 38.0 Å². The van der Waals surface area contributed by atoms with Crippen molar-refractivity contribution in [2.24, 2.45) is 0 Å². The SMILES string of the molecule is CC1CC(NC(=O)Nc2ccc(Cl)cc2C(=O)O)CCO1. The second-order valence-corrected chi connectivity index (χ2v) is 5.43. The molecule has 1 aromatic carbocycles. The summed E-state index contributed by atoms with van der Waals surface area (Å²) in [5, 5.41) is 14.8. The van der Waals surface area contributed by atoms with E-state index in [9.17, 15) is 9.59 Å². The van der Waals surface area contributed by atoms with E-state index in [0.29, 0.717) is 11.6 Å². The minimum atomic E-state index is -1.15. The van der Waals surface area contributed by atoms with Gasteiger partial charge in [0, 0.05) is 17.7 Å². The molecule has 7 heteroatoms. The van der Waals surface area contributed by atoms with Crippen LogP contribution in [0.1, 0.15) is 30.1 Å². The Morgan fingerprint density at radius 2 is 2.19 bits per heavy atom. The van der Waals surface area contributed by atoms with E-state index in [1.54, 1.807) is 0 Å². The number of carbonyl (C=O) groups is 2. The molecule has 0 saturated carbocycles. The molecule has 0 aromatic heterocycles. The Morgan fingerprint density at radius 1 is 1.43 bits per heavy atom. The Hall–Kier alpha value is -1.79. The molecule has 6 nitrogen and oxygen atoms in total. The number of carboxylic acid groups (broad SMARTS) is 1. The molecule has 114 valence electrons. The first-order valence-electron chi connectivity index (χ1n) is 6.67. The summed E-state index contributed by atoms with van der Waals surface area (Å²) in [4.78, 5) is 23.1. The van der Waals surface area contributed by atoms with Crippen molar-refractivity contribution in [3.8, 4) is 0 Å². The molecule has 1 aromatic rings. The largest absolute Gasteiger partial charge is 0.478 e. The lowest BCUT2D eigenvalue weighted by Crippen LogP contribution is -2.43. The second-order valence-electron chi connectivity index (χ2n) is 5.00. The van der Waals surface area contributed by atoms with Crippen molar-refractivity contribution >= 4 is 29.3 Å². The highest BCUT2D eigenvalue weighted by molar-refractivity contribution is 6.31. The minimum absolute atomic E-state index is 0.0225. The van der Waals surface area contributed by atoms with Crippen LogP contribution in [-0.2, 0) is 4.74 Å². The fourth-order valence-corrected chi connectivity index (χ4v) is 2.45. The number of ether oxygens (including phenoxy) is 1. The lowest BCUT2D eigenvalue weighted by atomic mass is 10.0. The molecule has 1 aliphatic rings. The normalized spacial score (nSPS) is 21.6. The number of hydrogen-bond donors (Lipinski definition) is 3. The van der Waals surface area contributed by atoms with Gasteiger partial charge in [0.1, 0.15) is 0 Å². The summed E-state index contributed by atoms with van der Waals surface area (Å²) >= 11 is 5.76. The van der Waals surface area contributed by atoms with Gasteiger partial charge in [-0.2, -0.15) is 0 Å². The van der Waals surface area contributed by atoms with Crippen molar-refractivity contribution in [1.29, 1.82) is 0 Å². The molecule has 21 heavy (non-hydrogen) atoms. The average Bonchev–Trinajstić information content (AvgIpc) is 2.40. The molecule has 2 atom stereocenters. The molecule has 0 radical (unpaired) electrons. The molecule has 1 saturated heterocycles. The summed E-state index contributed by atoms with van der Waals surface area (Å²) in [6.45, 7) is 2.56. The summed E-state index contributed by atoms with van der Waals surface area (Å²) in [5.41, 5.74) is 0.169. The van der Waals surface area contributed by atoms with Crippen molar-refractivity contribution in [1.82, 2.24) is 5.32 Å². The molecule has 2 rings (SSSR count). The highest BCUT2D eigenvalue weighted by atomic mass is 35.5. The van der Waals surface area contributed by atoms with Crippen LogP contribution in [0.15, 0.2) is 18.2 Å². The Labute approximate surface area is 127 Å². The lowest BCUT2D eigenvalue weighted by Gasteiger charge is -2.28. The van der Waals surface area contributed by atoms with Gasteiger partial charge in [-0.15, -0.1) is 0 Å². The van der Waals surface area contributed by atoms with Crippen LogP contribution < -0.4 is 10.6 Å². The van der Waals surface area contributed by atoms with Crippen LogP contribution in [-0.4, -0.2) is 35.9 Å². The summed E-state index contributed by atoms with van der Waals surface area (Å²) in [7, 11) is 0. The third-order valence-corrected chi connectivity index (χ3v) is 3.52. The molecule has 1 aliphatic heterocycles. The number of rotatable bonds is 3. The fraction of sp³-hybridized carbons (Fsp3) is 0.429. The van der Waals surface area contributed by atoms with Crippen LogP contribution in [0.25, 0.3) is 0 Å². The van der Waals surface area contributed by atoms with Crippen molar-refractivity contribution in [3.05, 3.63) is 28.8 Å². The number of carbonyl (C=O) groups excluding carboxylic acids is 1. The van der Waals surface area contributed by atoms with E-state index in [1.165, 1.54) is 18.2 Å². The number of nitrogens with one attached hydrogen (secondary N) is 2. The molecule has 1 fully saturated rings. The predicted molar refractivity (Wildman–Crippen MR) is 79.0 cm³/mol. The van der Waals surface area contributed by atoms with E-state index in [1.807, 2.05) is 6.92 Å². The molecule has 3 N–H and O–H groups in total. The van der Waals surface area contributed by atoms with Crippen LogP contribution in [0, 0.1) is 0 Å². The number of halogens is 1. The maximum Gasteiger partial charge on any atom is 0.337 e. The summed E-state index contributed by atoms with van der Waals surface area (Å²) in [5.74, 6) is -1.15. The molecule has 2 amide bonds. The standard InChI is InChI=1S/C14H17ClN2O4/c1-8-6-10(4-5-21-8)16-14(20)17-12-3-2-9(15)7-11(12)13(18)19/h2-3,7-8,10H,4-6H2,1H3,(H,18,19)(H2,16,17,20). The van der Waals surface area contributed by atoms with Crippen molar-refractivity contribution in [2.75, 3.05) is 11.9 Å². The Kier molecular flexibility index (Phi) is 5.03. The van der Waals surface area contributed by atoms with E-state index >= 15 is 0 Å². The van der Waals surface area contributed by atoms with Gasteiger partial charge in [-0.25, -0.2) is 9.59 Å². The maximum absolute atomic E-state index is 12.0. The molecular formula is C14H17ClN2O4. The first-order chi connectivity index (χ1) is 9.95. The fourth-order valence-electron chi connectivity index (χ4n) is 2.28. The van der Waals surface area contributed by atoms with Crippen LogP contribution >= 0.6 is 11.6 Å². The Morgan fingerprint density at radius 3 is 2.86 bits per heavy atom. The van der Waals surface area contributed by atoms with Crippen LogP contribution in [0.4, 0.5) is 10.5 Å². The van der Waals surface area contributed by atoms with Crippen LogP contribution in [0.3, 0.4) is 0 Å². The van der Waals surface area contributed by atoms with E-state index in [-0.39, 0.29) is 23.4 Å². The zero-order chi connectivity index (χ0) is 15.4. The van der Waals surface area contributed by atoms with Crippen LogP contribution in [0.5, 0.6) is 0 Å². The van der Waals surface area contributed by atoms with E-state index in [4.69, 9.17) is 21.4 Å². The monoisotopic (exact) mass is 312 g/mol. The highest BCUT2D eigenvalue weighted by Gasteiger charge is 2.21. The molecule has 1 heterocycles. The van der Waals surface area contributed by atoms with Gasteiger partial charge in [0.05, 0.1) is 17.4 Å². The number of benzene rings is 1. The molecule has 0 spiro atoms. The van der Waals surface area contributed by atoms with Gasteiger partial charge in [0.25, 0.3) is 0 Å². The Bertz CT molecular complexity index is 550. The number of hydrogen-bond acceptors (Lipinski definition) is 3. The van der Waals surface area contributed by atoms with E-state index in [2.05, 4.69) is 10.6 Å². The number of urea groups is 1. The van der Waals surface area contributed by atoms with Gasteiger partial charge in [-0.1, -0.05) is 11.6 Å². The average molecular weight is 313 g/mol. The third-order valence-electron chi connectivity index (χ3n) is 3.28. The molecule has 0 bridgehead atoms. The second kappa shape index (κ2) is 6.78. The smallest absolute Gasteiger partial charge is 0.337 e. The number of aromatic carboxylic acids is 1. The van der Waals surface area contributed by atoms with Gasteiger partial charge in [0.15, 0.2) is 0 Å².